The quantitative estimate of drug-likeness (QED) is 0.756. The minimum absolute atomic E-state index is 0.0125. The van der Waals surface area contributed by atoms with E-state index in [0.29, 0.717) is 24.8 Å². The number of hydrogen-bond donors (Lipinski definition) is 1. The summed E-state index contributed by atoms with van der Waals surface area (Å²) in [5, 5.41) is 3.63. The Morgan fingerprint density at radius 1 is 1.19 bits per heavy atom. The molecule has 5 nitrogen and oxygen atoms in total. The fourth-order valence-corrected chi connectivity index (χ4v) is 4.56. The molecule has 2 fully saturated rings. The van der Waals surface area contributed by atoms with Gasteiger partial charge in [0.25, 0.3) is 0 Å². The minimum Gasteiger partial charge on any atom is -0.381 e. The van der Waals surface area contributed by atoms with E-state index >= 15 is 0 Å². The van der Waals surface area contributed by atoms with Gasteiger partial charge < -0.3 is 15.0 Å². The summed E-state index contributed by atoms with van der Waals surface area (Å²) in [7, 11) is 0. The predicted molar refractivity (Wildman–Crippen MR) is 113 cm³/mol. The van der Waals surface area contributed by atoms with Crippen LogP contribution in [0.15, 0.2) is 42.5 Å². The topological polar surface area (TPSA) is 58.6 Å². The summed E-state index contributed by atoms with van der Waals surface area (Å²) in [5.41, 5.74) is 0.729. The molecular formula is C23H23ClF2N2O3. The number of ether oxygens (including phenoxy) is 1. The van der Waals surface area contributed by atoms with Gasteiger partial charge in [-0.25, -0.2) is 8.78 Å². The molecule has 0 spiro atoms. The number of hydrogen-bond acceptors (Lipinski definition) is 3. The van der Waals surface area contributed by atoms with Crippen LogP contribution < -0.4 is 10.2 Å². The number of carbonyl (C=O) groups is 2. The van der Waals surface area contributed by atoms with E-state index < -0.39 is 17.6 Å². The molecule has 0 aromatic heterocycles. The Kier molecular flexibility index (Phi) is 6.25. The Balaban J connectivity index is 1.45. The second-order valence-corrected chi connectivity index (χ2v) is 8.56. The van der Waals surface area contributed by atoms with Crippen molar-refractivity contribution in [2.24, 2.45) is 5.92 Å². The van der Waals surface area contributed by atoms with Crippen molar-refractivity contribution in [3.05, 3.63) is 64.7 Å². The van der Waals surface area contributed by atoms with E-state index in [1.807, 2.05) is 24.3 Å². The van der Waals surface area contributed by atoms with Crippen molar-refractivity contribution in [3.63, 3.8) is 0 Å². The second-order valence-electron chi connectivity index (χ2n) is 8.12. The maximum Gasteiger partial charge on any atom is 0.227 e. The van der Waals surface area contributed by atoms with Gasteiger partial charge in [-0.3, -0.25) is 9.59 Å². The van der Waals surface area contributed by atoms with E-state index in [1.54, 1.807) is 0 Å². The Bertz CT molecular complexity index is 995. The van der Waals surface area contributed by atoms with Crippen LogP contribution in [0.1, 0.15) is 24.8 Å². The monoisotopic (exact) mass is 448 g/mol. The van der Waals surface area contributed by atoms with Crippen LogP contribution in [-0.2, 0) is 19.7 Å². The van der Waals surface area contributed by atoms with Gasteiger partial charge in [0.1, 0.15) is 11.6 Å². The van der Waals surface area contributed by atoms with E-state index in [2.05, 4.69) is 5.32 Å². The first kappa shape index (κ1) is 21.7. The molecule has 2 aliphatic heterocycles. The molecule has 8 heteroatoms. The van der Waals surface area contributed by atoms with Crippen molar-refractivity contribution in [1.29, 1.82) is 0 Å². The lowest BCUT2D eigenvalue weighted by molar-refractivity contribution is -0.126. The zero-order valence-electron chi connectivity index (χ0n) is 16.9. The Morgan fingerprint density at radius 2 is 1.97 bits per heavy atom. The summed E-state index contributed by atoms with van der Waals surface area (Å²) in [6, 6.07) is 10.7. The molecule has 2 heterocycles. The van der Waals surface area contributed by atoms with Crippen molar-refractivity contribution in [2.75, 3.05) is 31.2 Å². The molecule has 2 aliphatic rings. The Hall–Kier alpha value is -2.51. The van der Waals surface area contributed by atoms with Gasteiger partial charge >= 0.3 is 0 Å². The number of anilines is 1. The van der Waals surface area contributed by atoms with Crippen LogP contribution in [0.3, 0.4) is 0 Å². The standard InChI is InChI=1S/C23H23ClF2N2O3/c24-17-3-1-2-16(11-17)23(6-8-31-9-7-23)14-27-22(30)15-10-21(29)28(13-15)20-5-4-18(25)12-19(20)26/h1-5,11-12,15H,6-10,13-14H2,(H,27,30). The summed E-state index contributed by atoms with van der Waals surface area (Å²) in [6.07, 6.45) is 1.46. The molecule has 1 atom stereocenters. The van der Waals surface area contributed by atoms with Crippen molar-refractivity contribution in [1.82, 2.24) is 5.32 Å². The van der Waals surface area contributed by atoms with Crippen molar-refractivity contribution >= 4 is 29.1 Å². The number of amides is 2. The van der Waals surface area contributed by atoms with Gasteiger partial charge in [-0.2, -0.15) is 0 Å². The van der Waals surface area contributed by atoms with Crippen LogP contribution in [0.5, 0.6) is 0 Å². The molecule has 0 bridgehead atoms. The normalized spacial score (nSPS) is 20.7. The largest absolute Gasteiger partial charge is 0.381 e. The summed E-state index contributed by atoms with van der Waals surface area (Å²) >= 11 is 6.19. The first-order chi connectivity index (χ1) is 14.9. The lowest BCUT2D eigenvalue weighted by atomic mass is 9.74. The van der Waals surface area contributed by atoms with Crippen molar-refractivity contribution < 1.29 is 23.1 Å². The fourth-order valence-electron chi connectivity index (χ4n) is 4.36. The van der Waals surface area contributed by atoms with Crippen LogP contribution in [0, 0.1) is 17.6 Å². The van der Waals surface area contributed by atoms with E-state index in [0.717, 1.165) is 30.5 Å². The number of nitrogens with one attached hydrogen (secondary N) is 1. The maximum atomic E-state index is 14.1. The predicted octanol–water partition coefficient (Wildman–Crippen LogP) is 3.84. The van der Waals surface area contributed by atoms with E-state index in [4.69, 9.17) is 16.3 Å². The summed E-state index contributed by atoms with van der Waals surface area (Å²) in [5.74, 6) is -2.76. The van der Waals surface area contributed by atoms with Crippen LogP contribution in [0.2, 0.25) is 5.02 Å². The van der Waals surface area contributed by atoms with Gasteiger partial charge in [0.2, 0.25) is 11.8 Å². The SMILES string of the molecule is O=C(NCC1(c2cccc(Cl)c2)CCOCC1)C1CC(=O)N(c2ccc(F)cc2F)C1. The molecule has 1 unspecified atom stereocenters. The summed E-state index contributed by atoms with van der Waals surface area (Å²) in [6.45, 7) is 1.62. The maximum absolute atomic E-state index is 14.1. The van der Waals surface area contributed by atoms with Gasteiger partial charge in [-0.1, -0.05) is 23.7 Å². The van der Waals surface area contributed by atoms with Crippen LogP contribution in [-0.4, -0.2) is 38.1 Å². The van der Waals surface area contributed by atoms with E-state index in [9.17, 15) is 18.4 Å². The first-order valence-electron chi connectivity index (χ1n) is 10.2. The number of rotatable bonds is 5. The molecule has 2 aromatic rings. The minimum atomic E-state index is -0.823. The third kappa shape index (κ3) is 4.57. The van der Waals surface area contributed by atoms with Gasteiger partial charge in [0.05, 0.1) is 11.6 Å². The highest BCUT2D eigenvalue weighted by Crippen LogP contribution is 2.36. The number of benzene rings is 2. The summed E-state index contributed by atoms with van der Waals surface area (Å²) < 4.78 is 32.8. The molecule has 2 amide bonds. The lowest BCUT2D eigenvalue weighted by Gasteiger charge is -2.38. The van der Waals surface area contributed by atoms with Gasteiger partial charge in [-0.05, 0) is 42.7 Å². The molecule has 2 saturated heterocycles. The smallest absolute Gasteiger partial charge is 0.227 e. The highest BCUT2D eigenvalue weighted by atomic mass is 35.5. The molecule has 164 valence electrons. The van der Waals surface area contributed by atoms with Crippen LogP contribution >= 0.6 is 11.6 Å². The van der Waals surface area contributed by atoms with Gasteiger partial charge in [-0.15, -0.1) is 0 Å². The third-order valence-corrected chi connectivity index (χ3v) is 6.42. The second kappa shape index (κ2) is 8.93. The van der Waals surface area contributed by atoms with Crippen molar-refractivity contribution in [3.8, 4) is 0 Å². The zero-order chi connectivity index (χ0) is 22.0. The van der Waals surface area contributed by atoms with E-state index in [-0.39, 0.29) is 35.9 Å². The van der Waals surface area contributed by atoms with Crippen LogP contribution in [0.4, 0.5) is 14.5 Å². The average molecular weight is 449 g/mol. The fraction of sp³-hybridized carbons (Fsp3) is 0.391. The van der Waals surface area contributed by atoms with Gasteiger partial charge in [0, 0.05) is 49.2 Å². The molecule has 1 N–H and O–H groups in total. The lowest BCUT2D eigenvalue weighted by Crippen LogP contribution is -2.46. The molecule has 0 radical (unpaired) electrons. The number of carbonyl (C=O) groups excluding carboxylic acids is 2. The number of nitrogens with zero attached hydrogens (tertiary/aromatic N) is 1. The van der Waals surface area contributed by atoms with Gasteiger partial charge in [0.15, 0.2) is 0 Å². The highest BCUT2D eigenvalue weighted by molar-refractivity contribution is 6.30. The molecule has 31 heavy (non-hydrogen) atoms. The zero-order valence-corrected chi connectivity index (χ0v) is 17.6. The van der Waals surface area contributed by atoms with Crippen molar-refractivity contribution in [2.45, 2.75) is 24.7 Å². The van der Waals surface area contributed by atoms with E-state index in [1.165, 1.54) is 11.0 Å². The first-order valence-corrected chi connectivity index (χ1v) is 10.6. The molecule has 0 saturated carbocycles. The highest BCUT2D eigenvalue weighted by Gasteiger charge is 2.39. The molecular weight excluding hydrogens is 426 g/mol. The third-order valence-electron chi connectivity index (χ3n) is 6.18. The molecule has 2 aromatic carbocycles. The van der Waals surface area contributed by atoms with Crippen LogP contribution in [0.25, 0.3) is 0 Å². The average Bonchev–Trinajstić information content (AvgIpc) is 3.14. The number of halogens is 3. The Morgan fingerprint density at radius 3 is 2.68 bits per heavy atom. The Labute approximate surface area is 184 Å². The molecule has 0 aliphatic carbocycles. The molecule has 4 rings (SSSR count). The summed E-state index contributed by atoms with van der Waals surface area (Å²) in [4.78, 5) is 26.5.